The largest absolute Gasteiger partial charge is 0.343 e. The molecular formula is C26H31N5O3S. The highest BCUT2D eigenvalue weighted by molar-refractivity contribution is 7.22. The third-order valence-electron chi connectivity index (χ3n) is 6.09. The molecule has 184 valence electrons. The first-order valence-corrected chi connectivity index (χ1v) is 12.5. The van der Waals surface area contributed by atoms with Crippen LogP contribution in [0.1, 0.15) is 47.1 Å². The van der Waals surface area contributed by atoms with Crippen molar-refractivity contribution in [2.45, 2.75) is 26.2 Å². The molecule has 0 saturated carbocycles. The second-order valence-electron chi connectivity index (χ2n) is 9.86. The van der Waals surface area contributed by atoms with Gasteiger partial charge in [0, 0.05) is 37.3 Å². The average Bonchev–Trinajstić information content (AvgIpc) is 3.23. The number of nitrogens with one attached hydrogen (secondary N) is 2. The van der Waals surface area contributed by atoms with Crippen LogP contribution >= 0.6 is 11.3 Å². The van der Waals surface area contributed by atoms with Crippen LogP contribution in [0.2, 0.25) is 0 Å². The molecule has 0 unspecified atom stereocenters. The molecule has 35 heavy (non-hydrogen) atoms. The van der Waals surface area contributed by atoms with Gasteiger partial charge in [-0.15, -0.1) is 0 Å². The molecule has 9 heteroatoms. The molecule has 0 aliphatic carbocycles. The molecule has 3 aromatic rings. The maximum absolute atomic E-state index is 12.8. The molecule has 2 N–H and O–H groups in total. The van der Waals surface area contributed by atoms with Gasteiger partial charge in [-0.2, -0.15) is 0 Å². The zero-order chi connectivity index (χ0) is 25.2. The molecule has 2 heterocycles. The summed E-state index contributed by atoms with van der Waals surface area (Å²) in [5.41, 5.74) is 2.97. The first-order valence-electron chi connectivity index (χ1n) is 11.7. The molecular weight excluding hydrogens is 462 g/mol. The van der Waals surface area contributed by atoms with Gasteiger partial charge in [0.05, 0.1) is 16.8 Å². The number of thiazole rings is 1. The minimum Gasteiger partial charge on any atom is -0.343 e. The first-order chi connectivity index (χ1) is 16.6. The van der Waals surface area contributed by atoms with Crippen molar-refractivity contribution in [2.24, 2.45) is 0 Å². The lowest BCUT2D eigenvalue weighted by molar-refractivity contribution is -0.115. The molecule has 8 nitrogen and oxygen atoms in total. The minimum absolute atomic E-state index is 0.00473. The smallest absolute Gasteiger partial charge is 0.253 e. The summed E-state index contributed by atoms with van der Waals surface area (Å²) in [6.07, 6.45) is 0. The lowest BCUT2D eigenvalue weighted by atomic mass is 9.87. The molecule has 1 fully saturated rings. The van der Waals surface area contributed by atoms with E-state index in [0.717, 1.165) is 23.4 Å². The first kappa shape index (κ1) is 24.8. The fraction of sp³-hybridized carbons (Fsp3) is 0.385. The zero-order valence-electron chi connectivity index (χ0n) is 20.6. The number of rotatable bonds is 5. The maximum Gasteiger partial charge on any atom is 0.253 e. The number of fused-ring (bicyclic) bond motifs is 1. The van der Waals surface area contributed by atoms with Gasteiger partial charge >= 0.3 is 0 Å². The predicted molar refractivity (Wildman–Crippen MR) is 139 cm³/mol. The lowest BCUT2D eigenvalue weighted by Gasteiger charge is -2.32. The molecule has 0 bridgehead atoms. The molecule has 0 radical (unpaired) electrons. The SMILES string of the molecule is CN1CCN(C(=O)c2ccc3nc(NC(=O)CNC(=O)c4ccc(C(C)(C)C)cc4)sc3c2)CC1. The number of amides is 3. The summed E-state index contributed by atoms with van der Waals surface area (Å²) in [6.45, 7) is 9.33. The summed E-state index contributed by atoms with van der Waals surface area (Å²) in [7, 11) is 2.05. The van der Waals surface area contributed by atoms with Gasteiger partial charge in [-0.3, -0.25) is 14.4 Å². The predicted octanol–water partition coefficient (Wildman–Crippen LogP) is 3.35. The van der Waals surface area contributed by atoms with Crippen molar-refractivity contribution in [3.63, 3.8) is 0 Å². The number of nitrogens with zero attached hydrogens (tertiary/aromatic N) is 3. The van der Waals surface area contributed by atoms with Crippen LogP contribution in [0.25, 0.3) is 10.2 Å². The van der Waals surface area contributed by atoms with E-state index in [1.807, 2.05) is 23.1 Å². The molecule has 4 rings (SSSR count). The van der Waals surface area contributed by atoms with Crippen LogP contribution in [0, 0.1) is 0 Å². The summed E-state index contributed by atoms with van der Waals surface area (Å²) >= 11 is 1.30. The number of hydrogen-bond donors (Lipinski definition) is 2. The van der Waals surface area contributed by atoms with Crippen molar-refractivity contribution in [3.8, 4) is 0 Å². The number of carbonyl (C=O) groups is 3. The average molecular weight is 494 g/mol. The van der Waals surface area contributed by atoms with Gasteiger partial charge in [0.25, 0.3) is 11.8 Å². The number of carbonyl (C=O) groups excluding carboxylic acids is 3. The van der Waals surface area contributed by atoms with Crippen LogP contribution in [-0.4, -0.2) is 72.3 Å². The Hall–Kier alpha value is -3.30. The third-order valence-corrected chi connectivity index (χ3v) is 7.03. The van der Waals surface area contributed by atoms with Gasteiger partial charge in [-0.25, -0.2) is 4.98 Å². The number of aromatic nitrogens is 1. The van der Waals surface area contributed by atoms with E-state index in [9.17, 15) is 14.4 Å². The van der Waals surface area contributed by atoms with E-state index in [1.165, 1.54) is 11.3 Å². The van der Waals surface area contributed by atoms with E-state index in [1.54, 1.807) is 24.3 Å². The fourth-order valence-electron chi connectivity index (χ4n) is 3.85. The van der Waals surface area contributed by atoms with Crippen LogP contribution in [0.5, 0.6) is 0 Å². The van der Waals surface area contributed by atoms with E-state index in [0.29, 0.717) is 34.9 Å². The second kappa shape index (κ2) is 10.1. The van der Waals surface area contributed by atoms with Crippen LogP contribution in [0.4, 0.5) is 5.13 Å². The van der Waals surface area contributed by atoms with Gasteiger partial charge in [0.2, 0.25) is 5.91 Å². The van der Waals surface area contributed by atoms with Crippen LogP contribution < -0.4 is 10.6 Å². The number of benzene rings is 2. The van der Waals surface area contributed by atoms with Crippen LogP contribution in [-0.2, 0) is 10.2 Å². The highest BCUT2D eigenvalue weighted by Gasteiger charge is 2.21. The Balaban J connectivity index is 1.34. The molecule has 0 atom stereocenters. The molecule has 1 aliphatic rings. The van der Waals surface area contributed by atoms with Gasteiger partial charge < -0.3 is 20.4 Å². The maximum atomic E-state index is 12.8. The van der Waals surface area contributed by atoms with E-state index < -0.39 is 0 Å². The topological polar surface area (TPSA) is 94.6 Å². The summed E-state index contributed by atoms with van der Waals surface area (Å²) in [4.78, 5) is 46.2. The van der Waals surface area contributed by atoms with E-state index in [2.05, 4.69) is 48.3 Å². The van der Waals surface area contributed by atoms with Gasteiger partial charge in [-0.1, -0.05) is 44.2 Å². The number of anilines is 1. The molecule has 0 spiro atoms. The van der Waals surface area contributed by atoms with Crippen molar-refractivity contribution in [3.05, 3.63) is 59.2 Å². The van der Waals surface area contributed by atoms with Crippen molar-refractivity contribution in [2.75, 3.05) is 45.1 Å². The van der Waals surface area contributed by atoms with E-state index in [-0.39, 0.29) is 29.7 Å². The minimum atomic E-state index is -0.363. The summed E-state index contributed by atoms with van der Waals surface area (Å²) < 4.78 is 0.822. The molecule has 1 aliphatic heterocycles. The van der Waals surface area contributed by atoms with E-state index >= 15 is 0 Å². The van der Waals surface area contributed by atoms with Gasteiger partial charge in [0.1, 0.15) is 0 Å². The Kier molecular flexibility index (Phi) is 7.18. The summed E-state index contributed by atoms with van der Waals surface area (Å²) in [5.74, 6) is -0.661. The quantitative estimate of drug-likeness (QED) is 0.569. The number of piperazine rings is 1. The van der Waals surface area contributed by atoms with Crippen molar-refractivity contribution in [1.82, 2.24) is 20.1 Å². The van der Waals surface area contributed by atoms with Crippen molar-refractivity contribution >= 4 is 44.4 Å². The molecule has 3 amide bonds. The molecule has 2 aromatic carbocycles. The lowest BCUT2D eigenvalue weighted by Crippen LogP contribution is -2.47. The standard InChI is InChI=1S/C26H31N5O3S/c1-26(2,3)19-8-5-17(6-9-19)23(33)27-16-22(32)29-25-28-20-10-7-18(15-21(20)35-25)24(34)31-13-11-30(4)12-14-31/h5-10,15H,11-14,16H2,1-4H3,(H,27,33)(H,28,29,32). The summed E-state index contributed by atoms with van der Waals surface area (Å²) in [5, 5.41) is 5.81. The highest BCUT2D eigenvalue weighted by atomic mass is 32.1. The Morgan fingerprint density at radius 3 is 2.29 bits per heavy atom. The second-order valence-corrected chi connectivity index (χ2v) is 10.9. The summed E-state index contributed by atoms with van der Waals surface area (Å²) in [6, 6.07) is 12.8. The zero-order valence-corrected chi connectivity index (χ0v) is 21.4. The third kappa shape index (κ3) is 6.04. The Morgan fingerprint density at radius 2 is 1.63 bits per heavy atom. The van der Waals surface area contributed by atoms with Crippen molar-refractivity contribution in [1.29, 1.82) is 0 Å². The van der Waals surface area contributed by atoms with Crippen molar-refractivity contribution < 1.29 is 14.4 Å². The van der Waals surface area contributed by atoms with Gasteiger partial charge in [0.15, 0.2) is 5.13 Å². The van der Waals surface area contributed by atoms with E-state index in [4.69, 9.17) is 0 Å². The Morgan fingerprint density at radius 1 is 0.971 bits per heavy atom. The van der Waals surface area contributed by atoms with Gasteiger partial charge in [-0.05, 0) is 48.4 Å². The van der Waals surface area contributed by atoms with Crippen LogP contribution in [0.15, 0.2) is 42.5 Å². The molecule has 1 aromatic heterocycles. The van der Waals surface area contributed by atoms with Crippen LogP contribution in [0.3, 0.4) is 0 Å². The number of hydrogen-bond acceptors (Lipinski definition) is 6. The molecule has 1 saturated heterocycles. The number of likely N-dealkylation sites (N-methyl/N-ethyl adjacent to an activating group) is 1. The Labute approximate surface area is 209 Å². The normalized spacial score (nSPS) is 14.7. The monoisotopic (exact) mass is 493 g/mol. The highest BCUT2D eigenvalue weighted by Crippen LogP contribution is 2.27. The fourth-order valence-corrected chi connectivity index (χ4v) is 4.77. The Bertz CT molecular complexity index is 1240.